The van der Waals surface area contributed by atoms with Crippen molar-refractivity contribution in [3.63, 3.8) is 0 Å². The number of anilines is 1. The van der Waals surface area contributed by atoms with Gasteiger partial charge in [0.05, 0.1) is 16.0 Å². The van der Waals surface area contributed by atoms with Gasteiger partial charge in [0.2, 0.25) is 11.1 Å². The normalized spacial score (nSPS) is 11.8. The molecule has 1 unspecified atom stereocenters. The fourth-order valence-electron chi connectivity index (χ4n) is 3.52. The third-order valence-corrected chi connectivity index (χ3v) is 7.61. The molecule has 0 bridgehead atoms. The van der Waals surface area contributed by atoms with Crippen molar-refractivity contribution in [3.8, 4) is 33.8 Å². The first kappa shape index (κ1) is 25.4. The average Bonchev–Trinajstić information content (AvgIpc) is 3.37. The van der Waals surface area contributed by atoms with E-state index in [1.54, 1.807) is 25.1 Å². The second-order valence-corrected chi connectivity index (χ2v) is 10.9. The summed E-state index contributed by atoms with van der Waals surface area (Å²) in [6.07, 6.45) is 0. The molecule has 2 heterocycles. The Hall–Kier alpha value is -3.30. The molecule has 0 saturated carbocycles. The number of hydrogen-bond donors (Lipinski definition) is 1. The Morgan fingerprint density at radius 3 is 2.24 bits per heavy atom. The summed E-state index contributed by atoms with van der Waals surface area (Å²) in [5.74, 6) is -0.217. The Morgan fingerprint density at radius 1 is 0.892 bits per heavy atom. The maximum atomic E-state index is 12.9. The van der Waals surface area contributed by atoms with E-state index in [0.717, 1.165) is 16.7 Å². The molecule has 0 aliphatic carbocycles. The molecule has 3 aromatic carbocycles. The summed E-state index contributed by atoms with van der Waals surface area (Å²) in [6, 6.07) is 24.8. The second-order valence-electron chi connectivity index (χ2n) is 7.94. The summed E-state index contributed by atoms with van der Waals surface area (Å²) < 4.78 is 0. The molecule has 0 saturated heterocycles. The Balaban J connectivity index is 1.33. The molecule has 37 heavy (non-hydrogen) atoms. The van der Waals surface area contributed by atoms with Crippen molar-refractivity contribution in [3.05, 3.63) is 94.3 Å². The van der Waals surface area contributed by atoms with Crippen LogP contribution in [0.25, 0.3) is 33.8 Å². The number of aromatic nitrogens is 4. The second kappa shape index (κ2) is 11.4. The van der Waals surface area contributed by atoms with E-state index < -0.39 is 5.25 Å². The van der Waals surface area contributed by atoms with Crippen molar-refractivity contribution in [2.75, 3.05) is 5.32 Å². The Kier molecular flexibility index (Phi) is 7.81. The zero-order valence-corrected chi connectivity index (χ0v) is 22.6. The van der Waals surface area contributed by atoms with E-state index in [0.29, 0.717) is 37.4 Å². The van der Waals surface area contributed by atoms with Crippen molar-refractivity contribution < 1.29 is 4.79 Å². The number of amides is 1. The molecule has 6 nitrogen and oxygen atoms in total. The lowest BCUT2D eigenvalue weighted by Crippen LogP contribution is -2.22. The van der Waals surface area contributed by atoms with Gasteiger partial charge in [-0.05, 0) is 25.1 Å². The quantitative estimate of drug-likeness (QED) is 0.204. The lowest BCUT2D eigenvalue weighted by Gasteiger charge is -2.12. The molecule has 0 fully saturated rings. The third-order valence-electron chi connectivity index (χ3n) is 5.35. The maximum absolute atomic E-state index is 12.9. The summed E-state index contributed by atoms with van der Waals surface area (Å²) in [7, 11) is 0. The van der Waals surface area contributed by atoms with Crippen molar-refractivity contribution in [2.45, 2.75) is 17.3 Å². The van der Waals surface area contributed by atoms with Crippen LogP contribution in [0.1, 0.15) is 6.92 Å². The zero-order valence-electron chi connectivity index (χ0n) is 19.4. The molecule has 0 spiro atoms. The van der Waals surface area contributed by atoms with E-state index in [4.69, 9.17) is 28.2 Å². The van der Waals surface area contributed by atoms with Crippen molar-refractivity contribution in [1.29, 1.82) is 0 Å². The average molecular weight is 565 g/mol. The molecule has 1 amide bonds. The van der Waals surface area contributed by atoms with E-state index in [-0.39, 0.29) is 5.91 Å². The van der Waals surface area contributed by atoms with Gasteiger partial charge in [-0.15, -0.1) is 21.5 Å². The molecule has 1 atom stereocenters. The number of nitrogens with one attached hydrogen (secondary N) is 1. The number of thioether (sulfide) groups is 1. The van der Waals surface area contributed by atoms with Crippen LogP contribution in [-0.2, 0) is 4.79 Å². The highest BCUT2D eigenvalue weighted by atomic mass is 35.5. The topological polar surface area (TPSA) is 80.7 Å². The molecule has 0 aliphatic rings. The summed E-state index contributed by atoms with van der Waals surface area (Å²) >= 11 is 14.8. The number of halogens is 2. The molecule has 5 aromatic rings. The van der Waals surface area contributed by atoms with Crippen LogP contribution in [-0.4, -0.2) is 31.3 Å². The largest absolute Gasteiger partial charge is 0.301 e. The van der Waals surface area contributed by atoms with Gasteiger partial charge in [-0.3, -0.25) is 4.79 Å². The number of carbonyl (C=O) groups excluding carboxylic acids is 1. The number of thiazole rings is 1. The Morgan fingerprint density at radius 2 is 1.57 bits per heavy atom. The smallest absolute Gasteiger partial charge is 0.239 e. The van der Waals surface area contributed by atoms with Crippen molar-refractivity contribution in [1.82, 2.24) is 20.2 Å². The van der Waals surface area contributed by atoms with E-state index in [1.807, 2.05) is 66.0 Å². The lowest BCUT2D eigenvalue weighted by molar-refractivity contribution is -0.115. The Bertz CT molecular complexity index is 1550. The van der Waals surface area contributed by atoms with Crippen molar-refractivity contribution >= 4 is 57.3 Å². The van der Waals surface area contributed by atoms with Gasteiger partial charge in [0.25, 0.3) is 0 Å². The van der Waals surface area contributed by atoms with Crippen molar-refractivity contribution in [2.24, 2.45) is 0 Å². The monoisotopic (exact) mass is 563 g/mol. The minimum atomic E-state index is -0.487. The number of carbonyl (C=O) groups is 1. The maximum Gasteiger partial charge on any atom is 0.239 e. The van der Waals surface area contributed by atoms with Crippen LogP contribution in [0, 0.1) is 0 Å². The van der Waals surface area contributed by atoms with Gasteiger partial charge >= 0.3 is 0 Å². The number of benzene rings is 3. The van der Waals surface area contributed by atoms with Gasteiger partial charge < -0.3 is 5.32 Å². The predicted octanol–water partition coefficient (Wildman–Crippen LogP) is 7.76. The van der Waals surface area contributed by atoms with Crippen LogP contribution in [0.5, 0.6) is 0 Å². The fourth-order valence-corrected chi connectivity index (χ4v) is 5.45. The Labute approximate surface area is 232 Å². The fraction of sp³-hybridized carbons (Fsp3) is 0.0741. The molecule has 184 valence electrons. The highest BCUT2D eigenvalue weighted by Crippen LogP contribution is 2.33. The summed E-state index contributed by atoms with van der Waals surface area (Å²) in [4.78, 5) is 22.2. The van der Waals surface area contributed by atoms with Gasteiger partial charge in [-0.25, -0.2) is 9.97 Å². The molecule has 0 aliphatic heterocycles. The van der Waals surface area contributed by atoms with Crippen LogP contribution in [0.2, 0.25) is 10.0 Å². The van der Waals surface area contributed by atoms with Gasteiger partial charge in [0.15, 0.2) is 5.13 Å². The third kappa shape index (κ3) is 5.99. The summed E-state index contributed by atoms with van der Waals surface area (Å²) in [5.41, 5.74) is 4.65. The minimum absolute atomic E-state index is 0.217. The highest BCUT2D eigenvalue weighted by Gasteiger charge is 2.20. The number of rotatable bonds is 7. The first-order valence-electron chi connectivity index (χ1n) is 11.2. The molecule has 10 heteroatoms. The van der Waals surface area contributed by atoms with Gasteiger partial charge in [-0.1, -0.05) is 95.6 Å². The van der Waals surface area contributed by atoms with Gasteiger partial charge in [-0.2, -0.15) is 0 Å². The van der Waals surface area contributed by atoms with Gasteiger partial charge in [0.1, 0.15) is 11.4 Å². The minimum Gasteiger partial charge on any atom is -0.301 e. The molecule has 2 aromatic heterocycles. The van der Waals surface area contributed by atoms with Crippen LogP contribution in [0.4, 0.5) is 5.13 Å². The molecule has 5 rings (SSSR count). The SMILES string of the molecule is CC(Sc1nnc(-c2ccccc2)c(-c2ccccc2)n1)C(=O)Nc1nc(-c2ccc(Cl)cc2Cl)cs1. The number of nitrogens with zero attached hydrogens (tertiary/aromatic N) is 4. The zero-order chi connectivity index (χ0) is 25.8. The summed E-state index contributed by atoms with van der Waals surface area (Å²) in [5, 5.41) is 14.9. The van der Waals surface area contributed by atoms with Crippen LogP contribution in [0.3, 0.4) is 0 Å². The standard InChI is InChI=1S/C27H19Cl2N5OS2/c1-16(25(35)32-26-30-22(15-36-26)20-13-12-19(28)14-21(20)29)37-27-31-23(17-8-4-2-5-9-17)24(33-34-27)18-10-6-3-7-11-18/h2-16H,1H3,(H,30,32,35). The first-order valence-corrected chi connectivity index (χ1v) is 13.7. The van der Waals surface area contributed by atoms with E-state index >= 15 is 0 Å². The van der Waals surface area contributed by atoms with E-state index in [2.05, 4.69) is 20.5 Å². The van der Waals surface area contributed by atoms with Crippen LogP contribution in [0.15, 0.2) is 89.4 Å². The van der Waals surface area contributed by atoms with E-state index in [9.17, 15) is 4.79 Å². The number of hydrogen-bond acceptors (Lipinski definition) is 7. The molecule has 1 N–H and O–H groups in total. The van der Waals surface area contributed by atoms with Gasteiger partial charge in [0, 0.05) is 27.1 Å². The van der Waals surface area contributed by atoms with Crippen LogP contribution < -0.4 is 5.32 Å². The first-order chi connectivity index (χ1) is 18.0. The molecular formula is C27H19Cl2N5OS2. The molecular weight excluding hydrogens is 545 g/mol. The van der Waals surface area contributed by atoms with Crippen LogP contribution >= 0.6 is 46.3 Å². The highest BCUT2D eigenvalue weighted by molar-refractivity contribution is 8.00. The summed E-state index contributed by atoms with van der Waals surface area (Å²) in [6.45, 7) is 1.79. The lowest BCUT2D eigenvalue weighted by atomic mass is 10.0. The predicted molar refractivity (Wildman–Crippen MR) is 152 cm³/mol. The van der Waals surface area contributed by atoms with E-state index in [1.165, 1.54) is 23.1 Å². The molecule has 0 radical (unpaired) electrons.